The number of hydrogen-bond donors (Lipinski definition) is 0. The minimum Gasteiger partial charge on any atom is -0.0985 e. The van der Waals surface area contributed by atoms with Crippen molar-refractivity contribution in [1.29, 1.82) is 0 Å². The lowest BCUT2D eigenvalue weighted by molar-refractivity contribution is 1.52. The monoisotopic (exact) mass is 234 g/mol. The van der Waals surface area contributed by atoms with Crippen LogP contribution in [0.4, 0.5) is 0 Å². The molecule has 0 N–H and O–H groups in total. The Morgan fingerprint density at radius 1 is 0.889 bits per heavy atom. The van der Waals surface area contributed by atoms with E-state index in [0.29, 0.717) is 0 Å². The first-order chi connectivity index (χ1) is 8.69. The summed E-state index contributed by atoms with van der Waals surface area (Å²) in [5.41, 5.74) is 4.89. The predicted octanol–water partition coefficient (Wildman–Crippen LogP) is 5.20. The fourth-order valence-electron chi connectivity index (χ4n) is 1.81. The van der Waals surface area contributed by atoms with Crippen LogP contribution in [0.5, 0.6) is 0 Å². The molecule has 0 saturated carbocycles. The van der Waals surface area contributed by atoms with Crippen LogP contribution in [0.15, 0.2) is 86.5 Å². The van der Waals surface area contributed by atoms with Crippen molar-refractivity contribution in [2.45, 2.75) is 0 Å². The second-order valence-electron chi connectivity index (χ2n) is 3.76. The second kappa shape index (κ2) is 6.41. The Morgan fingerprint density at radius 3 is 2.06 bits per heavy atom. The third-order valence-electron chi connectivity index (χ3n) is 2.76. The molecule has 0 heterocycles. The Kier molecular flexibility index (Phi) is 4.89. The van der Waals surface area contributed by atoms with Crippen LogP contribution in [0.1, 0.15) is 11.1 Å². The first kappa shape index (κ1) is 13.7. The van der Waals surface area contributed by atoms with Gasteiger partial charge in [0, 0.05) is 0 Å². The molecule has 0 atom stereocenters. The molecular weight excluding hydrogens is 216 g/mol. The smallest absolute Gasteiger partial charge is 0.0106 e. The minimum atomic E-state index is 0.832. The molecule has 0 aliphatic heterocycles. The molecular formula is C18H18. The molecule has 0 saturated heterocycles. The quantitative estimate of drug-likeness (QED) is 0.594. The molecule has 0 heteroatoms. The lowest BCUT2D eigenvalue weighted by Crippen LogP contribution is -1.92. The number of rotatable bonds is 6. The van der Waals surface area contributed by atoms with Crippen molar-refractivity contribution in [1.82, 2.24) is 0 Å². The molecule has 0 radical (unpaired) electrons. The maximum Gasteiger partial charge on any atom is -0.0106 e. The van der Waals surface area contributed by atoms with E-state index >= 15 is 0 Å². The van der Waals surface area contributed by atoms with Crippen LogP contribution in [0.25, 0.3) is 11.6 Å². The molecule has 0 aliphatic carbocycles. The Labute approximate surface area is 110 Å². The summed E-state index contributed by atoms with van der Waals surface area (Å²) < 4.78 is 0. The second-order valence-corrected chi connectivity index (χ2v) is 3.76. The van der Waals surface area contributed by atoms with Gasteiger partial charge in [0.15, 0.2) is 0 Å². The zero-order chi connectivity index (χ0) is 13.5. The van der Waals surface area contributed by atoms with Crippen molar-refractivity contribution < 1.29 is 0 Å². The van der Waals surface area contributed by atoms with Gasteiger partial charge in [0.1, 0.15) is 0 Å². The minimum absolute atomic E-state index is 0.832. The molecule has 18 heavy (non-hydrogen) atoms. The summed E-state index contributed by atoms with van der Waals surface area (Å²) in [5, 5.41) is 0. The van der Waals surface area contributed by atoms with E-state index in [4.69, 9.17) is 0 Å². The molecule has 90 valence electrons. The molecule has 0 spiro atoms. The van der Waals surface area contributed by atoms with Crippen LogP contribution >= 0.6 is 0 Å². The van der Waals surface area contributed by atoms with Crippen molar-refractivity contribution in [2.75, 3.05) is 0 Å². The Morgan fingerprint density at radius 2 is 1.56 bits per heavy atom. The predicted molar refractivity (Wildman–Crippen MR) is 83.2 cm³/mol. The zero-order valence-electron chi connectivity index (χ0n) is 10.7. The summed E-state index contributed by atoms with van der Waals surface area (Å²) in [6, 6.07) is 8.03. The normalized spacial score (nSPS) is 11.1. The van der Waals surface area contributed by atoms with E-state index in [1.807, 2.05) is 36.4 Å². The summed E-state index contributed by atoms with van der Waals surface area (Å²) in [5.74, 6) is 0. The number of benzene rings is 1. The SMILES string of the molecule is C=CC(=C)/C(C=C)=C(\C=C)c1ccccc1C=C. The highest BCUT2D eigenvalue weighted by Crippen LogP contribution is 2.28. The van der Waals surface area contributed by atoms with Gasteiger partial charge >= 0.3 is 0 Å². The standard InChI is InChI=1S/C18H18/c1-6-14(5)16(8-3)17(9-4)18-13-11-10-12-15(18)7-2/h6-13H,1-5H2/b17-16+. The Bertz CT molecular complexity index is 539. The molecule has 0 bridgehead atoms. The van der Waals surface area contributed by atoms with Gasteiger partial charge in [-0.05, 0) is 27.8 Å². The molecule has 0 aromatic heterocycles. The van der Waals surface area contributed by atoms with Crippen LogP contribution in [0.3, 0.4) is 0 Å². The van der Waals surface area contributed by atoms with Gasteiger partial charge in [0.05, 0.1) is 0 Å². The molecule has 1 aromatic carbocycles. The molecule has 0 nitrogen and oxygen atoms in total. The highest BCUT2D eigenvalue weighted by atomic mass is 14.1. The molecule has 0 aliphatic rings. The van der Waals surface area contributed by atoms with E-state index < -0.39 is 0 Å². The topological polar surface area (TPSA) is 0 Å². The van der Waals surface area contributed by atoms with E-state index in [0.717, 1.165) is 27.8 Å². The maximum atomic E-state index is 3.97. The average molecular weight is 234 g/mol. The number of hydrogen-bond acceptors (Lipinski definition) is 0. The van der Waals surface area contributed by atoms with E-state index in [1.54, 1.807) is 12.2 Å². The average Bonchev–Trinajstić information content (AvgIpc) is 2.43. The summed E-state index contributed by atoms with van der Waals surface area (Å²) in [7, 11) is 0. The molecule has 0 fully saturated rings. The van der Waals surface area contributed by atoms with E-state index in [-0.39, 0.29) is 0 Å². The summed E-state index contributed by atoms with van der Waals surface area (Å²) in [4.78, 5) is 0. The van der Waals surface area contributed by atoms with Gasteiger partial charge in [-0.2, -0.15) is 0 Å². The van der Waals surface area contributed by atoms with Gasteiger partial charge in [-0.25, -0.2) is 0 Å². The zero-order valence-corrected chi connectivity index (χ0v) is 10.7. The van der Waals surface area contributed by atoms with Crippen LogP contribution < -0.4 is 0 Å². The lowest BCUT2D eigenvalue weighted by atomic mass is 9.92. The van der Waals surface area contributed by atoms with Gasteiger partial charge < -0.3 is 0 Å². The number of allylic oxidation sites excluding steroid dienone is 6. The molecule has 1 aromatic rings. The van der Waals surface area contributed by atoms with Crippen molar-refractivity contribution in [3.63, 3.8) is 0 Å². The first-order valence-corrected chi connectivity index (χ1v) is 5.72. The highest BCUT2D eigenvalue weighted by molar-refractivity contribution is 5.85. The molecule has 1 rings (SSSR count). The van der Waals surface area contributed by atoms with E-state index in [9.17, 15) is 0 Å². The lowest BCUT2D eigenvalue weighted by Gasteiger charge is -2.12. The molecule has 0 amide bonds. The van der Waals surface area contributed by atoms with Crippen molar-refractivity contribution in [3.8, 4) is 0 Å². The maximum absolute atomic E-state index is 3.97. The summed E-state index contributed by atoms with van der Waals surface area (Å²) in [6.07, 6.45) is 7.14. The van der Waals surface area contributed by atoms with Crippen LogP contribution in [-0.4, -0.2) is 0 Å². The van der Waals surface area contributed by atoms with Crippen LogP contribution in [0.2, 0.25) is 0 Å². The van der Waals surface area contributed by atoms with Crippen molar-refractivity contribution >= 4 is 11.6 Å². The van der Waals surface area contributed by atoms with E-state index in [1.165, 1.54) is 0 Å². The Hall–Kier alpha value is -2.34. The van der Waals surface area contributed by atoms with Gasteiger partial charge in [-0.3, -0.25) is 0 Å². The Balaban J connectivity index is 3.58. The van der Waals surface area contributed by atoms with E-state index in [2.05, 4.69) is 32.9 Å². The van der Waals surface area contributed by atoms with Gasteiger partial charge in [0.2, 0.25) is 0 Å². The van der Waals surface area contributed by atoms with Crippen LogP contribution in [-0.2, 0) is 0 Å². The summed E-state index contributed by atoms with van der Waals surface area (Å²) >= 11 is 0. The third kappa shape index (κ3) is 2.67. The van der Waals surface area contributed by atoms with Gasteiger partial charge in [0.25, 0.3) is 0 Å². The largest absolute Gasteiger partial charge is 0.0985 e. The van der Waals surface area contributed by atoms with Gasteiger partial charge in [-0.15, -0.1) is 0 Å². The first-order valence-electron chi connectivity index (χ1n) is 5.72. The van der Waals surface area contributed by atoms with Crippen molar-refractivity contribution in [2.24, 2.45) is 0 Å². The molecule has 0 unspecified atom stereocenters. The van der Waals surface area contributed by atoms with Crippen molar-refractivity contribution in [3.05, 3.63) is 97.7 Å². The third-order valence-corrected chi connectivity index (χ3v) is 2.76. The van der Waals surface area contributed by atoms with Crippen LogP contribution in [0, 0.1) is 0 Å². The van der Waals surface area contributed by atoms with Gasteiger partial charge in [-0.1, -0.05) is 81.5 Å². The highest BCUT2D eigenvalue weighted by Gasteiger charge is 2.08. The fourth-order valence-corrected chi connectivity index (χ4v) is 1.81. The summed E-state index contributed by atoms with van der Waals surface area (Å²) in [6.45, 7) is 19.3. The fraction of sp³-hybridized carbons (Fsp3) is 0.